The Morgan fingerprint density at radius 3 is 2.62 bits per heavy atom. The number of nitrogens with zero attached hydrogens (tertiary/aromatic N) is 2. The second kappa shape index (κ2) is 5.18. The number of primary amides is 1. The van der Waals surface area contributed by atoms with E-state index in [1.165, 1.54) is 0 Å². The van der Waals surface area contributed by atoms with E-state index in [1.807, 2.05) is 13.8 Å². The number of aromatic nitrogens is 1. The molecule has 2 rings (SSSR count). The Morgan fingerprint density at radius 1 is 1.43 bits per heavy atom. The molecule has 1 saturated heterocycles. The van der Waals surface area contributed by atoms with E-state index in [-0.39, 0.29) is 11.4 Å². The predicted molar refractivity (Wildman–Crippen MR) is 72.1 cm³/mol. The number of piperazine rings is 1. The molecule has 0 bridgehead atoms. The molecule has 21 heavy (non-hydrogen) atoms. The van der Waals surface area contributed by atoms with Crippen LogP contribution in [0.1, 0.15) is 29.9 Å². The van der Waals surface area contributed by atoms with Crippen molar-refractivity contribution in [3.8, 4) is 0 Å². The van der Waals surface area contributed by atoms with Gasteiger partial charge in [-0.25, -0.2) is 4.98 Å². The lowest BCUT2D eigenvalue weighted by atomic mass is 9.99. The van der Waals surface area contributed by atoms with Gasteiger partial charge in [0.15, 0.2) is 0 Å². The van der Waals surface area contributed by atoms with Crippen molar-refractivity contribution in [3.05, 3.63) is 23.4 Å². The van der Waals surface area contributed by atoms with Crippen molar-refractivity contribution < 1.29 is 18.0 Å². The van der Waals surface area contributed by atoms with Crippen LogP contribution >= 0.6 is 0 Å². The van der Waals surface area contributed by atoms with Gasteiger partial charge in [-0.1, -0.05) is 0 Å². The number of nitrogens with one attached hydrogen (secondary N) is 1. The third-order valence-corrected chi connectivity index (χ3v) is 3.49. The van der Waals surface area contributed by atoms with Crippen LogP contribution in [-0.4, -0.2) is 36.1 Å². The Bertz CT molecular complexity index is 557. The van der Waals surface area contributed by atoms with Gasteiger partial charge in [0.25, 0.3) is 5.91 Å². The molecular formula is C13H17F3N4O. The lowest BCUT2D eigenvalue weighted by Gasteiger charge is -2.44. The van der Waals surface area contributed by atoms with E-state index in [9.17, 15) is 18.0 Å². The molecule has 0 spiro atoms. The average Bonchev–Trinajstić information content (AvgIpc) is 2.36. The first-order chi connectivity index (χ1) is 9.63. The number of amides is 1. The third-order valence-electron chi connectivity index (χ3n) is 3.49. The van der Waals surface area contributed by atoms with Gasteiger partial charge in [-0.2, -0.15) is 13.2 Å². The number of rotatable bonds is 2. The van der Waals surface area contributed by atoms with Gasteiger partial charge in [0.2, 0.25) is 0 Å². The summed E-state index contributed by atoms with van der Waals surface area (Å²) in [4.78, 5) is 16.8. The molecule has 5 nitrogen and oxygen atoms in total. The van der Waals surface area contributed by atoms with Crippen LogP contribution in [0.3, 0.4) is 0 Å². The van der Waals surface area contributed by atoms with Crippen molar-refractivity contribution in [2.24, 2.45) is 5.73 Å². The van der Waals surface area contributed by atoms with Crippen molar-refractivity contribution in [2.45, 2.75) is 25.6 Å². The van der Waals surface area contributed by atoms with Crippen molar-refractivity contribution in [2.75, 3.05) is 24.5 Å². The van der Waals surface area contributed by atoms with Crippen molar-refractivity contribution in [1.29, 1.82) is 0 Å². The maximum Gasteiger partial charge on any atom is 0.433 e. The largest absolute Gasteiger partial charge is 0.433 e. The first-order valence-corrected chi connectivity index (χ1v) is 6.49. The average molecular weight is 302 g/mol. The van der Waals surface area contributed by atoms with Crippen molar-refractivity contribution in [3.63, 3.8) is 0 Å². The summed E-state index contributed by atoms with van der Waals surface area (Å²) in [5, 5.41) is 3.16. The van der Waals surface area contributed by atoms with E-state index >= 15 is 0 Å². The second-order valence-electron chi connectivity index (χ2n) is 5.57. The van der Waals surface area contributed by atoms with Gasteiger partial charge in [-0.15, -0.1) is 0 Å². The number of pyridine rings is 1. The molecule has 1 fully saturated rings. The lowest BCUT2D eigenvalue weighted by molar-refractivity contribution is -0.141. The molecule has 8 heteroatoms. The van der Waals surface area contributed by atoms with Crippen LogP contribution in [0.2, 0.25) is 0 Å². The maximum atomic E-state index is 12.9. The summed E-state index contributed by atoms with van der Waals surface area (Å²) >= 11 is 0. The smallest absolute Gasteiger partial charge is 0.365 e. The van der Waals surface area contributed by atoms with Gasteiger partial charge in [-0.3, -0.25) is 4.79 Å². The van der Waals surface area contributed by atoms with Crippen LogP contribution in [0.4, 0.5) is 19.0 Å². The maximum absolute atomic E-state index is 12.9. The molecule has 3 N–H and O–H groups in total. The predicted octanol–water partition coefficient (Wildman–Crippen LogP) is 1.39. The Labute approximate surface area is 120 Å². The van der Waals surface area contributed by atoms with Gasteiger partial charge in [0, 0.05) is 25.2 Å². The Balaban J connectivity index is 2.55. The van der Waals surface area contributed by atoms with Gasteiger partial charge < -0.3 is 16.0 Å². The van der Waals surface area contributed by atoms with Crippen molar-refractivity contribution >= 4 is 11.7 Å². The summed E-state index contributed by atoms with van der Waals surface area (Å²) in [6.07, 6.45) is -4.57. The molecule has 0 atom stereocenters. The number of carbonyl (C=O) groups is 1. The molecule has 1 amide bonds. The number of anilines is 1. The van der Waals surface area contributed by atoms with Gasteiger partial charge in [-0.05, 0) is 26.0 Å². The highest BCUT2D eigenvalue weighted by Gasteiger charge is 2.37. The van der Waals surface area contributed by atoms with E-state index < -0.39 is 23.3 Å². The van der Waals surface area contributed by atoms with E-state index in [2.05, 4.69) is 10.3 Å². The minimum absolute atomic E-state index is 0.00187. The highest BCUT2D eigenvalue weighted by molar-refractivity contribution is 5.97. The molecule has 1 aromatic rings. The zero-order valence-corrected chi connectivity index (χ0v) is 11.8. The highest BCUT2D eigenvalue weighted by Crippen LogP contribution is 2.33. The van der Waals surface area contributed by atoms with Crippen LogP contribution < -0.4 is 16.0 Å². The van der Waals surface area contributed by atoms with Crippen LogP contribution in [0.25, 0.3) is 0 Å². The quantitative estimate of drug-likeness (QED) is 0.866. The number of hydrogen-bond donors (Lipinski definition) is 2. The van der Waals surface area contributed by atoms with Crippen LogP contribution in [-0.2, 0) is 6.18 Å². The van der Waals surface area contributed by atoms with E-state index in [1.54, 1.807) is 4.90 Å². The monoisotopic (exact) mass is 302 g/mol. The molecule has 0 aromatic carbocycles. The fourth-order valence-electron chi connectivity index (χ4n) is 2.38. The molecule has 0 unspecified atom stereocenters. The van der Waals surface area contributed by atoms with E-state index in [0.29, 0.717) is 19.6 Å². The summed E-state index contributed by atoms with van der Waals surface area (Å²) in [5.74, 6) is -0.801. The van der Waals surface area contributed by atoms with Crippen molar-refractivity contribution in [1.82, 2.24) is 10.3 Å². The standard InChI is InChI=1S/C13H17F3N4O/c1-12(2)7-18-5-6-20(12)11-8(10(17)21)3-4-9(19-11)13(14,15)16/h3-4,18H,5-7H2,1-2H3,(H2,17,21). The zero-order valence-electron chi connectivity index (χ0n) is 11.8. The summed E-state index contributed by atoms with van der Waals surface area (Å²) < 4.78 is 38.6. The van der Waals surface area contributed by atoms with E-state index in [4.69, 9.17) is 5.73 Å². The van der Waals surface area contributed by atoms with E-state index in [0.717, 1.165) is 12.1 Å². The van der Waals surface area contributed by atoms with Crippen LogP contribution in [0.5, 0.6) is 0 Å². The SMILES string of the molecule is CC1(C)CNCCN1c1nc(C(F)(F)F)ccc1C(N)=O. The first kappa shape index (κ1) is 15.6. The summed E-state index contributed by atoms with van der Waals surface area (Å²) in [5.41, 5.74) is 3.76. The molecule has 1 aromatic heterocycles. The summed E-state index contributed by atoms with van der Waals surface area (Å²) in [6, 6.07) is 1.87. The van der Waals surface area contributed by atoms with Crippen LogP contribution in [0, 0.1) is 0 Å². The van der Waals surface area contributed by atoms with Gasteiger partial charge in [0.05, 0.1) is 5.56 Å². The highest BCUT2D eigenvalue weighted by atomic mass is 19.4. The summed E-state index contributed by atoms with van der Waals surface area (Å²) in [6.45, 7) is 5.35. The number of alkyl halides is 3. The molecule has 1 aliphatic heterocycles. The Morgan fingerprint density at radius 2 is 2.10 bits per heavy atom. The fourth-order valence-corrected chi connectivity index (χ4v) is 2.38. The molecule has 1 aliphatic rings. The molecule has 116 valence electrons. The number of carbonyl (C=O) groups excluding carboxylic acids is 1. The van der Waals surface area contributed by atoms with Gasteiger partial charge in [0.1, 0.15) is 11.5 Å². The van der Waals surface area contributed by atoms with Crippen LogP contribution in [0.15, 0.2) is 12.1 Å². The minimum atomic E-state index is -4.57. The van der Waals surface area contributed by atoms with Gasteiger partial charge >= 0.3 is 6.18 Å². The summed E-state index contributed by atoms with van der Waals surface area (Å²) in [7, 11) is 0. The normalized spacial score (nSPS) is 18.6. The molecule has 2 heterocycles. The zero-order chi connectivity index (χ0) is 15.8. The number of nitrogens with two attached hydrogens (primary N) is 1. The minimum Gasteiger partial charge on any atom is -0.365 e. The molecule has 0 radical (unpaired) electrons. The molecular weight excluding hydrogens is 285 g/mol. The number of halogens is 3. The fraction of sp³-hybridized carbons (Fsp3) is 0.538. The Hall–Kier alpha value is -1.83. The Kier molecular flexibility index (Phi) is 3.83. The lowest BCUT2D eigenvalue weighted by Crippen LogP contribution is -2.58. The molecule has 0 aliphatic carbocycles. The second-order valence-corrected chi connectivity index (χ2v) is 5.57. The molecule has 0 saturated carbocycles. The number of hydrogen-bond acceptors (Lipinski definition) is 4. The third kappa shape index (κ3) is 3.10. The first-order valence-electron chi connectivity index (χ1n) is 6.49. The topological polar surface area (TPSA) is 71.2 Å².